The SMILES string of the molecule is CCN(CC)CCN(C(=O)c1ccc(S(=O)(=O)N2CCCCCC2)cc1)c1nc2c(F)cc(F)cc2s1.Cl. The predicted octanol–water partition coefficient (Wildman–Crippen LogP) is 5.55. The number of aromatic nitrogens is 1. The molecule has 208 valence electrons. The zero-order chi connectivity index (χ0) is 26.6. The lowest BCUT2D eigenvalue weighted by Crippen LogP contribution is -2.39. The topological polar surface area (TPSA) is 73.8 Å². The molecule has 1 aromatic heterocycles. The molecular weight excluding hydrogens is 554 g/mol. The molecule has 0 atom stereocenters. The van der Waals surface area contributed by atoms with Gasteiger partial charge in [0.2, 0.25) is 10.0 Å². The molecule has 0 aliphatic carbocycles. The van der Waals surface area contributed by atoms with E-state index < -0.39 is 21.7 Å². The van der Waals surface area contributed by atoms with Crippen LogP contribution in [0.4, 0.5) is 13.9 Å². The minimum atomic E-state index is -3.64. The summed E-state index contributed by atoms with van der Waals surface area (Å²) in [5, 5.41) is 0.262. The minimum Gasteiger partial charge on any atom is -0.302 e. The number of amides is 1. The minimum absolute atomic E-state index is 0. The average Bonchev–Trinajstić information content (AvgIpc) is 3.11. The van der Waals surface area contributed by atoms with E-state index in [1.807, 2.05) is 13.8 Å². The summed E-state index contributed by atoms with van der Waals surface area (Å²) in [5.41, 5.74) is 0.307. The molecule has 1 saturated heterocycles. The molecule has 2 heterocycles. The van der Waals surface area contributed by atoms with Gasteiger partial charge in [0, 0.05) is 37.8 Å². The molecule has 1 amide bonds. The van der Waals surface area contributed by atoms with Crippen LogP contribution in [0.3, 0.4) is 0 Å². The molecule has 4 rings (SSSR count). The highest BCUT2D eigenvalue weighted by Gasteiger charge is 2.27. The molecule has 0 spiro atoms. The van der Waals surface area contributed by atoms with Crippen molar-refractivity contribution in [2.24, 2.45) is 0 Å². The smallest absolute Gasteiger partial charge is 0.260 e. The van der Waals surface area contributed by atoms with Crippen LogP contribution in [-0.4, -0.2) is 67.8 Å². The summed E-state index contributed by atoms with van der Waals surface area (Å²) in [6.45, 7) is 7.48. The Morgan fingerprint density at radius 3 is 2.24 bits per heavy atom. The Kier molecular flexibility index (Phi) is 10.6. The fourth-order valence-corrected chi connectivity index (χ4v) is 7.03. The second-order valence-electron chi connectivity index (χ2n) is 9.06. The molecule has 12 heteroatoms. The normalized spacial score (nSPS) is 14.9. The third-order valence-corrected chi connectivity index (χ3v) is 9.65. The van der Waals surface area contributed by atoms with Crippen molar-refractivity contribution in [2.75, 3.05) is 44.2 Å². The third kappa shape index (κ3) is 6.69. The maximum atomic E-state index is 14.3. The Balaban J connectivity index is 0.00000400. The lowest BCUT2D eigenvalue weighted by Gasteiger charge is -2.25. The van der Waals surface area contributed by atoms with Gasteiger partial charge in [0.1, 0.15) is 11.3 Å². The van der Waals surface area contributed by atoms with E-state index in [-0.39, 0.29) is 40.4 Å². The maximum Gasteiger partial charge on any atom is 0.260 e. The summed E-state index contributed by atoms with van der Waals surface area (Å²) in [4.78, 5) is 21.7. The summed E-state index contributed by atoms with van der Waals surface area (Å²) in [6, 6.07) is 7.91. The highest BCUT2D eigenvalue weighted by molar-refractivity contribution is 7.89. The number of likely N-dealkylation sites (N-methyl/N-ethyl adjacent to an activating group) is 1. The molecule has 7 nitrogen and oxygen atoms in total. The molecule has 0 saturated carbocycles. The first-order chi connectivity index (χ1) is 17.7. The van der Waals surface area contributed by atoms with E-state index in [2.05, 4.69) is 9.88 Å². The number of carbonyl (C=O) groups excluding carboxylic acids is 1. The van der Waals surface area contributed by atoms with Gasteiger partial charge >= 0.3 is 0 Å². The second kappa shape index (κ2) is 13.3. The van der Waals surface area contributed by atoms with Crippen molar-refractivity contribution in [3.05, 3.63) is 53.6 Å². The highest BCUT2D eigenvalue weighted by atomic mass is 35.5. The monoisotopic (exact) mass is 586 g/mol. The van der Waals surface area contributed by atoms with E-state index in [1.54, 1.807) is 0 Å². The molecule has 0 N–H and O–H groups in total. The van der Waals surface area contributed by atoms with E-state index in [0.29, 0.717) is 29.9 Å². The van der Waals surface area contributed by atoms with Gasteiger partial charge < -0.3 is 4.90 Å². The van der Waals surface area contributed by atoms with Crippen molar-refractivity contribution in [3.63, 3.8) is 0 Å². The van der Waals surface area contributed by atoms with Crippen LogP contribution in [0, 0.1) is 11.6 Å². The summed E-state index contributed by atoms with van der Waals surface area (Å²) in [5.74, 6) is -1.87. The van der Waals surface area contributed by atoms with E-state index in [1.165, 1.54) is 39.5 Å². The Morgan fingerprint density at radius 2 is 1.63 bits per heavy atom. The Bertz CT molecular complexity index is 1340. The van der Waals surface area contributed by atoms with Crippen LogP contribution in [0.15, 0.2) is 41.3 Å². The van der Waals surface area contributed by atoms with Crippen molar-refractivity contribution < 1.29 is 22.0 Å². The second-order valence-corrected chi connectivity index (χ2v) is 12.0. The first-order valence-corrected chi connectivity index (χ1v) is 14.9. The Labute approximate surface area is 232 Å². The van der Waals surface area contributed by atoms with Gasteiger partial charge in [0.05, 0.1) is 9.60 Å². The number of fused-ring (bicyclic) bond motifs is 1. The fourth-order valence-electron chi connectivity index (χ4n) is 4.48. The van der Waals surface area contributed by atoms with Crippen molar-refractivity contribution >= 4 is 55.0 Å². The number of benzene rings is 2. The zero-order valence-electron chi connectivity index (χ0n) is 21.5. The molecule has 0 bridgehead atoms. The highest BCUT2D eigenvalue weighted by Crippen LogP contribution is 2.32. The van der Waals surface area contributed by atoms with Gasteiger partial charge in [-0.15, -0.1) is 12.4 Å². The summed E-state index contributed by atoms with van der Waals surface area (Å²) in [6.07, 6.45) is 3.71. The number of halogens is 3. The number of sulfonamides is 1. The molecule has 0 unspecified atom stereocenters. The van der Waals surface area contributed by atoms with Crippen LogP contribution in [-0.2, 0) is 10.0 Å². The lowest BCUT2D eigenvalue weighted by molar-refractivity contribution is 0.0983. The molecule has 3 aromatic rings. The van der Waals surface area contributed by atoms with Gasteiger partial charge in [-0.1, -0.05) is 38.0 Å². The van der Waals surface area contributed by atoms with Gasteiger partial charge in [-0.25, -0.2) is 22.2 Å². The maximum absolute atomic E-state index is 14.3. The van der Waals surface area contributed by atoms with Crippen molar-refractivity contribution in [1.29, 1.82) is 0 Å². The van der Waals surface area contributed by atoms with Gasteiger partial charge in [0.15, 0.2) is 10.9 Å². The van der Waals surface area contributed by atoms with E-state index in [9.17, 15) is 22.0 Å². The summed E-state index contributed by atoms with van der Waals surface area (Å²) < 4.78 is 56.2. The molecule has 2 aromatic carbocycles. The van der Waals surface area contributed by atoms with Gasteiger partial charge in [-0.3, -0.25) is 9.69 Å². The molecule has 1 aliphatic heterocycles. The predicted molar refractivity (Wildman–Crippen MR) is 150 cm³/mol. The van der Waals surface area contributed by atoms with Crippen LogP contribution in [0.5, 0.6) is 0 Å². The molecule has 1 aliphatic rings. The van der Waals surface area contributed by atoms with Crippen LogP contribution in [0.2, 0.25) is 0 Å². The zero-order valence-corrected chi connectivity index (χ0v) is 24.0. The number of hydrogen-bond acceptors (Lipinski definition) is 6. The van der Waals surface area contributed by atoms with Crippen LogP contribution in [0.1, 0.15) is 49.9 Å². The standard InChI is InChI=1S/C26H32F2N4O3S2.ClH/c1-3-30(4-2)15-16-32(26-29-24-22(28)17-20(27)18-23(24)36-26)25(33)19-9-11-21(12-10-19)37(34,35)31-13-7-5-6-8-14-31;/h9-12,17-18H,3-8,13-16H2,1-2H3;1H. The number of carbonyl (C=O) groups is 1. The number of nitrogens with zero attached hydrogens (tertiary/aromatic N) is 4. The van der Waals surface area contributed by atoms with Crippen LogP contribution in [0.25, 0.3) is 10.2 Å². The van der Waals surface area contributed by atoms with Gasteiger partial charge in [-0.2, -0.15) is 4.31 Å². The van der Waals surface area contributed by atoms with Gasteiger partial charge in [0.25, 0.3) is 5.91 Å². The van der Waals surface area contributed by atoms with E-state index in [4.69, 9.17) is 0 Å². The van der Waals surface area contributed by atoms with Crippen molar-refractivity contribution in [2.45, 2.75) is 44.4 Å². The first kappa shape index (κ1) is 30.4. The Morgan fingerprint density at radius 1 is 1.00 bits per heavy atom. The summed E-state index contributed by atoms with van der Waals surface area (Å²) in [7, 11) is -3.64. The molecule has 0 radical (unpaired) electrons. The van der Waals surface area contributed by atoms with E-state index >= 15 is 0 Å². The van der Waals surface area contributed by atoms with Gasteiger partial charge in [-0.05, 0) is 56.3 Å². The largest absolute Gasteiger partial charge is 0.302 e. The molecule has 1 fully saturated rings. The first-order valence-electron chi connectivity index (χ1n) is 12.6. The van der Waals surface area contributed by atoms with Crippen LogP contribution < -0.4 is 4.90 Å². The number of rotatable bonds is 9. The molecule has 38 heavy (non-hydrogen) atoms. The summed E-state index contributed by atoms with van der Waals surface area (Å²) >= 11 is 1.04. The fraction of sp³-hybridized carbons (Fsp3) is 0.462. The van der Waals surface area contributed by atoms with Crippen molar-refractivity contribution in [3.8, 4) is 0 Å². The number of thiazole rings is 1. The third-order valence-electron chi connectivity index (χ3n) is 6.72. The Hall–Kier alpha value is -2.18. The number of hydrogen-bond donors (Lipinski definition) is 0. The molecular formula is C26H33ClF2N4O3S2. The van der Waals surface area contributed by atoms with E-state index in [0.717, 1.165) is 56.2 Å². The average molecular weight is 587 g/mol. The van der Waals surface area contributed by atoms with Crippen LogP contribution >= 0.6 is 23.7 Å². The van der Waals surface area contributed by atoms with Crippen molar-refractivity contribution in [1.82, 2.24) is 14.2 Å². The number of anilines is 1. The quantitative estimate of drug-likeness (QED) is 0.329. The lowest BCUT2D eigenvalue weighted by atomic mass is 10.2.